The molecule has 5 N–H and O–H groups in total. The predicted molar refractivity (Wildman–Crippen MR) is 131 cm³/mol. The van der Waals surface area contributed by atoms with Crippen molar-refractivity contribution in [3.05, 3.63) is 39.3 Å². The minimum atomic E-state index is -1.20. The van der Waals surface area contributed by atoms with Crippen LogP contribution in [0.5, 0.6) is 0 Å². The van der Waals surface area contributed by atoms with Gasteiger partial charge in [0.15, 0.2) is 11.2 Å². The normalized spacial score (nSPS) is 28.8. The highest BCUT2D eigenvalue weighted by molar-refractivity contribution is 7.74. The van der Waals surface area contributed by atoms with Crippen molar-refractivity contribution in [2.75, 3.05) is 18.9 Å². The molecule has 3 aromatic heterocycles. The Balaban J connectivity index is 1.18. The van der Waals surface area contributed by atoms with E-state index in [0.29, 0.717) is 17.9 Å². The van der Waals surface area contributed by atoms with Gasteiger partial charge in [-0.05, 0) is 15.2 Å². The Labute approximate surface area is 211 Å². The number of aromatic nitrogens is 7. The average molecular weight is 537 g/mol. The highest BCUT2D eigenvalue weighted by atomic mass is 31.2. The van der Waals surface area contributed by atoms with Gasteiger partial charge in [0.1, 0.15) is 36.8 Å². The number of nitrogens with one attached hydrogen (secondary N) is 1. The largest absolute Gasteiger partial charge is 0.394 e. The number of nitrogen functional groups attached to an aromatic ring is 1. The molecule has 3 aromatic rings. The first-order chi connectivity index (χ1) is 17.7. The average Bonchev–Trinajstić information content (AvgIpc) is 3.54. The maximum atomic E-state index is 12.1. The maximum absolute atomic E-state index is 12.1. The molecule has 37 heavy (non-hydrogen) atoms. The number of aliphatic hydroxyl groups is 2. The third-order valence-corrected chi connectivity index (χ3v) is 6.56. The second kappa shape index (κ2) is 10.5. The second-order valence-corrected chi connectivity index (χ2v) is 8.99. The van der Waals surface area contributed by atoms with Gasteiger partial charge >= 0.3 is 5.69 Å². The Hall–Kier alpha value is -2.79. The standard InChI is InChI=1S/C19H27BN8O8P/c1-8-24-16-15(17(31)25-8)22-6-27(16)13-2-9(30)12(35-13)5-33-37(20)36-10-3-14(34-11(10)4-29)28-7-23-18(21)26-19(28)32/h6-7,9-14,29-30H,2-5H2,1,20H3,(H2,21,26,32)(H,24,25,31)/q-1/t9?,10?,11-,12-,13-,14-,37?/m1/s1. The molecule has 0 spiro atoms. The minimum absolute atomic E-state index is 0.110. The number of imidazole rings is 1. The number of hydrogen-bond acceptors (Lipinski definition) is 13. The van der Waals surface area contributed by atoms with E-state index in [0.717, 1.165) is 0 Å². The van der Waals surface area contributed by atoms with Crippen molar-refractivity contribution in [3.63, 3.8) is 0 Å². The lowest BCUT2D eigenvalue weighted by molar-refractivity contribution is -0.0474. The van der Waals surface area contributed by atoms with Crippen molar-refractivity contribution in [1.29, 1.82) is 0 Å². The fourth-order valence-electron chi connectivity index (χ4n) is 4.17. The first-order valence-corrected chi connectivity index (χ1v) is 11.8. The molecule has 2 saturated heterocycles. The molecule has 2 aliphatic heterocycles. The Bertz CT molecular complexity index is 1390. The van der Waals surface area contributed by atoms with Crippen molar-refractivity contribution < 1.29 is 28.7 Å². The third kappa shape index (κ3) is 5.29. The molecule has 0 aliphatic carbocycles. The molecular weight excluding hydrogens is 510 g/mol. The molecule has 0 radical (unpaired) electrons. The summed E-state index contributed by atoms with van der Waals surface area (Å²) in [4.78, 5) is 42.8. The summed E-state index contributed by atoms with van der Waals surface area (Å²) in [6, 6.07) is 0. The summed E-state index contributed by atoms with van der Waals surface area (Å²) in [6.07, 6.45) is -0.477. The van der Waals surface area contributed by atoms with Crippen LogP contribution in [-0.4, -0.2) is 89.5 Å². The van der Waals surface area contributed by atoms with Crippen LogP contribution < -0.4 is 17.0 Å². The van der Waals surface area contributed by atoms with Crippen LogP contribution in [0.25, 0.3) is 11.2 Å². The number of nitrogens with zero attached hydrogens (tertiary/aromatic N) is 6. The number of fused-ring (bicyclic) bond motifs is 1. The summed E-state index contributed by atoms with van der Waals surface area (Å²) in [7, 11) is -1.62. The van der Waals surface area contributed by atoms with E-state index in [-0.39, 0.29) is 36.7 Å². The molecule has 2 aliphatic rings. The van der Waals surface area contributed by atoms with Crippen LogP contribution in [0, 0.1) is 6.92 Å². The van der Waals surface area contributed by atoms with Crippen LogP contribution >= 0.6 is 8.25 Å². The maximum Gasteiger partial charge on any atom is 0.354 e. The minimum Gasteiger partial charge on any atom is -0.394 e. The van der Waals surface area contributed by atoms with Crippen LogP contribution in [0.4, 0.5) is 5.95 Å². The molecule has 5 heterocycles. The monoisotopic (exact) mass is 537 g/mol. The van der Waals surface area contributed by atoms with E-state index in [2.05, 4.69) is 24.9 Å². The summed E-state index contributed by atoms with van der Waals surface area (Å²) < 4.78 is 26.7. The Kier molecular flexibility index (Phi) is 7.36. The second-order valence-electron chi connectivity index (χ2n) is 8.37. The van der Waals surface area contributed by atoms with Crippen molar-refractivity contribution in [3.8, 4) is 0 Å². The fourth-order valence-corrected chi connectivity index (χ4v) is 4.77. The molecule has 18 heteroatoms. The number of nitrogens with two attached hydrogens (primary N) is 1. The highest BCUT2D eigenvalue weighted by Crippen LogP contribution is 2.42. The van der Waals surface area contributed by atoms with Gasteiger partial charge in [-0.3, -0.25) is 13.9 Å². The van der Waals surface area contributed by atoms with Gasteiger partial charge in [0.2, 0.25) is 5.95 Å². The number of anilines is 1. The van der Waals surface area contributed by atoms with Gasteiger partial charge in [0.25, 0.3) is 5.56 Å². The molecule has 5 rings (SSSR count). The van der Waals surface area contributed by atoms with E-state index in [9.17, 15) is 19.8 Å². The van der Waals surface area contributed by atoms with E-state index in [1.165, 1.54) is 17.2 Å². The lowest BCUT2D eigenvalue weighted by atomic mass is 10.2. The van der Waals surface area contributed by atoms with Gasteiger partial charge in [0, 0.05) is 20.4 Å². The summed E-state index contributed by atoms with van der Waals surface area (Å²) in [6.45, 7) is 1.49. The van der Waals surface area contributed by atoms with Crippen LogP contribution in [0.3, 0.4) is 0 Å². The molecule has 200 valence electrons. The first kappa shape index (κ1) is 25.8. The lowest BCUT2D eigenvalue weighted by Crippen LogP contribution is -2.29. The summed E-state index contributed by atoms with van der Waals surface area (Å²) in [5.41, 5.74) is 5.09. The third-order valence-electron chi connectivity index (χ3n) is 5.95. The Morgan fingerprint density at radius 2 is 1.92 bits per heavy atom. The number of aliphatic hydroxyl groups excluding tert-OH is 2. The van der Waals surface area contributed by atoms with Gasteiger partial charge < -0.3 is 39.5 Å². The lowest BCUT2D eigenvalue weighted by Gasteiger charge is -2.27. The van der Waals surface area contributed by atoms with E-state index in [1.807, 2.05) is 0 Å². The van der Waals surface area contributed by atoms with E-state index < -0.39 is 58.4 Å². The molecule has 7 atom stereocenters. The number of hydrogen-bond donors (Lipinski definition) is 4. The number of aromatic amines is 1. The summed E-state index contributed by atoms with van der Waals surface area (Å²) in [5.74, 6) is 0.320. The molecule has 0 bridgehead atoms. The van der Waals surface area contributed by atoms with Gasteiger partial charge in [-0.1, -0.05) is 0 Å². The number of H-pyrrole nitrogens is 1. The molecule has 16 nitrogen and oxygen atoms in total. The zero-order valence-electron chi connectivity index (χ0n) is 19.0. The topological polar surface area (TPSA) is 215 Å². The number of rotatable bonds is 8. The van der Waals surface area contributed by atoms with Gasteiger partial charge in [0.05, 0.1) is 31.7 Å². The Morgan fingerprint density at radius 3 is 2.68 bits per heavy atom. The number of aryl methyl sites for hydroxylation is 1. The smallest absolute Gasteiger partial charge is 0.354 e. The van der Waals surface area contributed by atoms with Crippen molar-refractivity contribution in [2.45, 2.75) is 56.6 Å². The van der Waals surface area contributed by atoms with Crippen molar-refractivity contribution in [1.82, 2.24) is 34.1 Å². The molecule has 3 unspecified atom stereocenters. The summed E-state index contributed by atoms with van der Waals surface area (Å²) in [5, 5.41) is 20.3. The van der Waals surface area contributed by atoms with Crippen LogP contribution in [-0.2, 0) is 18.5 Å². The zero-order valence-corrected chi connectivity index (χ0v) is 19.9. The van der Waals surface area contributed by atoms with E-state index in [4.69, 9.17) is 24.3 Å². The quantitative estimate of drug-likeness (QED) is 0.174. The SMILES string of the molecule is [BH3-]P(OC[C@H]1O[C@@H](n2cnc3c(=O)[nH]c(C)nc32)CC1O)OC1C[C@H](n2cnc(N)nc2=O)O[C@@H]1CO. The van der Waals surface area contributed by atoms with Crippen LogP contribution in [0.1, 0.15) is 31.1 Å². The molecule has 0 saturated carbocycles. The van der Waals surface area contributed by atoms with E-state index in [1.54, 1.807) is 11.5 Å². The first-order valence-electron chi connectivity index (χ1n) is 11.1. The van der Waals surface area contributed by atoms with Crippen LogP contribution in [0.15, 0.2) is 22.2 Å². The van der Waals surface area contributed by atoms with Gasteiger partial charge in [-0.2, -0.15) is 4.98 Å². The van der Waals surface area contributed by atoms with Crippen molar-refractivity contribution >= 4 is 32.9 Å². The van der Waals surface area contributed by atoms with Gasteiger partial charge in [-0.25, -0.2) is 19.7 Å². The summed E-state index contributed by atoms with van der Waals surface area (Å²) >= 11 is 0. The molecule has 2 fully saturated rings. The van der Waals surface area contributed by atoms with Crippen LogP contribution in [0.2, 0.25) is 0 Å². The van der Waals surface area contributed by atoms with Crippen molar-refractivity contribution in [2.24, 2.45) is 0 Å². The molecular formula is C19H27BN8O8P-. The highest BCUT2D eigenvalue weighted by Gasteiger charge is 2.39. The van der Waals surface area contributed by atoms with E-state index >= 15 is 0 Å². The van der Waals surface area contributed by atoms with Gasteiger partial charge in [-0.15, -0.1) is 0 Å². The molecule has 0 aromatic carbocycles. The number of ether oxygens (including phenoxy) is 2. The Morgan fingerprint density at radius 1 is 1.19 bits per heavy atom. The fraction of sp³-hybridized carbons (Fsp3) is 0.579. The zero-order chi connectivity index (χ0) is 26.3. The predicted octanol–water partition coefficient (Wildman–Crippen LogP) is -2.42. The molecule has 0 amide bonds.